The first-order valence-electron chi connectivity index (χ1n) is 16.2. The van der Waals surface area contributed by atoms with Crippen molar-refractivity contribution in [3.8, 4) is 0 Å². The molecule has 1 atom stereocenters. The zero-order chi connectivity index (χ0) is 30.8. The van der Waals surface area contributed by atoms with Gasteiger partial charge in [0.25, 0.3) is 0 Å². The van der Waals surface area contributed by atoms with Gasteiger partial charge in [0, 0.05) is 13.1 Å². The van der Waals surface area contributed by atoms with Gasteiger partial charge in [-0.3, -0.25) is 13.9 Å². The Balaban J connectivity index is 1.38. The SMILES string of the molecule is CCCCNC(=O)C(CC)N(Cc1ccc(C)cc1)C(=O)CN(c1ccc(C23CC4CC(CC(C4)C2)C3)cc1)S(C)(=O)=O. The summed E-state index contributed by atoms with van der Waals surface area (Å²) < 4.78 is 27.4. The predicted octanol–water partition coefficient (Wildman–Crippen LogP) is 5.95. The van der Waals surface area contributed by atoms with Crippen LogP contribution in [0.3, 0.4) is 0 Å². The molecule has 4 aliphatic carbocycles. The van der Waals surface area contributed by atoms with Crippen molar-refractivity contribution in [2.24, 2.45) is 17.8 Å². The minimum absolute atomic E-state index is 0.206. The molecule has 0 spiro atoms. The Hall–Kier alpha value is -2.87. The highest BCUT2D eigenvalue weighted by Gasteiger charge is 2.51. The standard InChI is InChI=1S/C35H49N3O4S/c1-5-7-16-36-34(40)32(6-2)37(23-26-10-8-25(3)9-11-26)33(39)24-38(43(4,41)42)31-14-12-30(13-15-31)35-20-27-17-28(21-35)19-29(18-27)22-35/h8-15,27-29,32H,5-7,16-24H2,1-4H3,(H,36,40). The minimum Gasteiger partial charge on any atom is -0.354 e. The second-order valence-corrected chi connectivity index (χ2v) is 15.5. The summed E-state index contributed by atoms with van der Waals surface area (Å²) in [6, 6.07) is 15.1. The van der Waals surface area contributed by atoms with E-state index in [2.05, 4.69) is 24.4 Å². The molecule has 43 heavy (non-hydrogen) atoms. The number of benzene rings is 2. The molecule has 2 aromatic carbocycles. The number of nitrogens with zero attached hydrogens (tertiary/aromatic N) is 2. The van der Waals surface area contributed by atoms with Crippen molar-refractivity contribution in [3.05, 3.63) is 65.2 Å². The number of hydrogen-bond donors (Lipinski definition) is 1. The number of unbranched alkanes of at least 4 members (excludes halogenated alkanes) is 1. The Bertz CT molecular complexity index is 1350. The average molecular weight is 608 g/mol. The highest BCUT2D eigenvalue weighted by atomic mass is 32.2. The van der Waals surface area contributed by atoms with Crippen molar-refractivity contribution in [1.29, 1.82) is 0 Å². The van der Waals surface area contributed by atoms with Crippen LogP contribution in [0.4, 0.5) is 5.69 Å². The van der Waals surface area contributed by atoms with E-state index in [0.717, 1.165) is 48.0 Å². The molecule has 0 aromatic heterocycles. The van der Waals surface area contributed by atoms with Crippen LogP contribution in [0.1, 0.15) is 88.3 Å². The molecular weight excluding hydrogens is 558 g/mol. The normalized spacial score (nSPS) is 24.9. The number of carbonyl (C=O) groups excluding carboxylic acids is 2. The molecular formula is C35H49N3O4S. The van der Waals surface area contributed by atoms with Crippen LogP contribution >= 0.6 is 0 Å². The fourth-order valence-corrected chi connectivity index (χ4v) is 9.22. The quantitative estimate of drug-likeness (QED) is 0.285. The molecule has 0 radical (unpaired) electrons. The summed E-state index contributed by atoms with van der Waals surface area (Å²) in [7, 11) is -3.77. The Morgan fingerprint density at radius 1 is 0.930 bits per heavy atom. The fraction of sp³-hybridized carbons (Fsp3) is 0.600. The van der Waals surface area contributed by atoms with Gasteiger partial charge in [-0.05, 0) is 105 Å². The van der Waals surface area contributed by atoms with Gasteiger partial charge in [-0.1, -0.05) is 62.2 Å². The van der Waals surface area contributed by atoms with Gasteiger partial charge in [-0.2, -0.15) is 0 Å². The van der Waals surface area contributed by atoms with E-state index in [1.54, 1.807) is 4.90 Å². The van der Waals surface area contributed by atoms with E-state index in [-0.39, 0.29) is 24.4 Å². The van der Waals surface area contributed by atoms with Crippen LogP contribution in [0.5, 0.6) is 0 Å². The average Bonchev–Trinajstić information content (AvgIpc) is 2.95. The lowest BCUT2D eigenvalue weighted by molar-refractivity contribution is -0.140. The number of amides is 2. The molecule has 7 nitrogen and oxygen atoms in total. The predicted molar refractivity (Wildman–Crippen MR) is 172 cm³/mol. The zero-order valence-corrected chi connectivity index (χ0v) is 27.2. The smallest absolute Gasteiger partial charge is 0.244 e. The van der Waals surface area contributed by atoms with Crippen molar-refractivity contribution in [2.45, 2.75) is 96.6 Å². The fourth-order valence-electron chi connectivity index (χ4n) is 8.38. The van der Waals surface area contributed by atoms with Crippen LogP contribution in [0, 0.1) is 24.7 Å². The number of rotatable bonds is 13. The summed E-state index contributed by atoms with van der Waals surface area (Å²) in [6.07, 6.45) is 11.2. The number of nitrogens with one attached hydrogen (secondary N) is 1. The van der Waals surface area contributed by atoms with E-state index >= 15 is 0 Å². The molecule has 234 valence electrons. The van der Waals surface area contributed by atoms with Crippen molar-refractivity contribution >= 4 is 27.5 Å². The lowest BCUT2D eigenvalue weighted by Crippen LogP contribution is -2.52. The second-order valence-electron chi connectivity index (χ2n) is 13.6. The van der Waals surface area contributed by atoms with E-state index in [0.29, 0.717) is 18.7 Å². The summed E-state index contributed by atoms with van der Waals surface area (Å²) in [4.78, 5) is 28.8. The van der Waals surface area contributed by atoms with Crippen molar-refractivity contribution in [1.82, 2.24) is 10.2 Å². The summed E-state index contributed by atoms with van der Waals surface area (Å²) in [5.74, 6) is 1.86. The summed E-state index contributed by atoms with van der Waals surface area (Å²) in [5.41, 5.74) is 4.00. The topological polar surface area (TPSA) is 86.8 Å². The lowest BCUT2D eigenvalue weighted by atomic mass is 9.48. The molecule has 4 aliphatic rings. The molecule has 8 heteroatoms. The highest BCUT2D eigenvalue weighted by molar-refractivity contribution is 7.92. The summed E-state index contributed by atoms with van der Waals surface area (Å²) in [5, 5.41) is 2.98. The molecule has 1 N–H and O–H groups in total. The third kappa shape index (κ3) is 7.11. The van der Waals surface area contributed by atoms with E-state index < -0.39 is 22.0 Å². The van der Waals surface area contributed by atoms with Gasteiger partial charge in [-0.25, -0.2) is 8.42 Å². The maximum absolute atomic E-state index is 14.0. The second kappa shape index (κ2) is 13.0. The molecule has 0 saturated heterocycles. The van der Waals surface area contributed by atoms with Gasteiger partial charge in [0.2, 0.25) is 21.8 Å². The maximum Gasteiger partial charge on any atom is 0.244 e. The number of anilines is 1. The molecule has 0 aliphatic heterocycles. The number of sulfonamides is 1. The van der Waals surface area contributed by atoms with Gasteiger partial charge >= 0.3 is 0 Å². The van der Waals surface area contributed by atoms with Crippen LogP contribution in [0.15, 0.2) is 48.5 Å². The largest absolute Gasteiger partial charge is 0.354 e. The number of carbonyl (C=O) groups is 2. The zero-order valence-electron chi connectivity index (χ0n) is 26.3. The molecule has 1 unspecified atom stereocenters. The van der Waals surface area contributed by atoms with Crippen LogP contribution in [-0.4, -0.2) is 50.5 Å². The van der Waals surface area contributed by atoms with Crippen LogP contribution in [0.25, 0.3) is 0 Å². The molecule has 4 saturated carbocycles. The van der Waals surface area contributed by atoms with Crippen LogP contribution in [0.2, 0.25) is 0 Å². The van der Waals surface area contributed by atoms with E-state index in [4.69, 9.17) is 0 Å². The summed E-state index contributed by atoms with van der Waals surface area (Å²) in [6.45, 7) is 6.36. The molecule has 0 heterocycles. The lowest BCUT2D eigenvalue weighted by Gasteiger charge is -2.57. The Labute approximate surface area is 258 Å². The van der Waals surface area contributed by atoms with Crippen molar-refractivity contribution in [2.75, 3.05) is 23.7 Å². The highest BCUT2D eigenvalue weighted by Crippen LogP contribution is 2.60. The van der Waals surface area contributed by atoms with E-state index in [1.807, 2.05) is 50.2 Å². The number of hydrogen-bond acceptors (Lipinski definition) is 4. The molecule has 2 amide bonds. The maximum atomic E-state index is 14.0. The Morgan fingerprint density at radius 3 is 2.02 bits per heavy atom. The summed E-state index contributed by atoms with van der Waals surface area (Å²) >= 11 is 0. The molecule has 4 fully saturated rings. The molecule has 2 aromatic rings. The monoisotopic (exact) mass is 607 g/mol. The van der Waals surface area contributed by atoms with Gasteiger partial charge in [0.05, 0.1) is 11.9 Å². The van der Waals surface area contributed by atoms with Gasteiger partial charge in [-0.15, -0.1) is 0 Å². The molecule has 4 bridgehead atoms. The first-order valence-corrected chi connectivity index (χ1v) is 18.1. The van der Waals surface area contributed by atoms with Crippen molar-refractivity contribution in [3.63, 3.8) is 0 Å². The van der Waals surface area contributed by atoms with Gasteiger partial charge in [0.1, 0.15) is 12.6 Å². The number of aryl methyl sites for hydroxylation is 1. The van der Waals surface area contributed by atoms with Gasteiger partial charge < -0.3 is 10.2 Å². The third-order valence-corrected chi connectivity index (χ3v) is 11.3. The minimum atomic E-state index is -3.77. The van der Waals surface area contributed by atoms with Crippen LogP contribution in [-0.2, 0) is 31.6 Å². The Kier molecular flexibility index (Phi) is 9.55. The third-order valence-electron chi connectivity index (χ3n) is 10.2. The van der Waals surface area contributed by atoms with Crippen LogP contribution < -0.4 is 9.62 Å². The Morgan fingerprint density at radius 2 is 1.51 bits per heavy atom. The van der Waals surface area contributed by atoms with Gasteiger partial charge in [0.15, 0.2) is 0 Å². The first kappa shape index (κ1) is 31.6. The first-order chi connectivity index (χ1) is 20.5. The van der Waals surface area contributed by atoms with Crippen molar-refractivity contribution < 1.29 is 18.0 Å². The molecule has 6 rings (SSSR count). The van der Waals surface area contributed by atoms with E-state index in [1.165, 1.54) is 48.4 Å². The van der Waals surface area contributed by atoms with E-state index in [9.17, 15) is 18.0 Å².